The van der Waals surface area contributed by atoms with Crippen LogP contribution in [0.15, 0.2) is 34.9 Å². The molecule has 4 nitrogen and oxygen atoms in total. The third-order valence-electron chi connectivity index (χ3n) is 3.79. The second-order valence-electron chi connectivity index (χ2n) is 5.30. The second kappa shape index (κ2) is 5.49. The SMILES string of the molecule is Cc1nc(-c2ccc(NC(=O)C3CCCC3)cc2)co1. The van der Waals surface area contributed by atoms with Gasteiger partial charge >= 0.3 is 0 Å². The fraction of sp³-hybridized carbons (Fsp3) is 0.375. The molecule has 0 bridgehead atoms. The van der Waals surface area contributed by atoms with Gasteiger partial charge in [-0.2, -0.15) is 0 Å². The number of benzene rings is 1. The summed E-state index contributed by atoms with van der Waals surface area (Å²) in [6.07, 6.45) is 6.01. The molecule has 0 spiro atoms. The number of nitrogens with zero attached hydrogens (tertiary/aromatic N) is 1. The van der Waals surface area contributed by atoms with Gasteiger partial charge in [-0.05, 0) is 25.0 Å². The molecule has 20 heavy (non-hydrogen) atoms. The first kappa shape index (κ1) is 12.9. The predicted molar refractivity (Wildman–Crippen MR) is 77.3 cm³/mol. The number of rotatable bonds is 3. The normalized spacial score (nSPS) is 15.4. The number of amides is 1. The van der Waals surface area contributed by atoms with Crippen LogP contribution in [-0.4, -0.2) is 10.9 Å². The maximum absolute atomic E-state index is 12.0. The Labute approximate surface area is 118 Å². The Kier molecular flexibility index (Phi) is 3.54. The molecule has 0 aliphatic heterocycles. The van der Waals surface area contributed by atoms with Gasteiger partial charge in [0, 0.05) is 24.1 Å². The van der Waals surface area contributed by atoms with Crippen LogP contribution >= 0.6 is 0 Å². The van der Waals surface area contributed by atoms with E-state index in [2.05, 4.69) is 10.3 Å². The number of aryl methyl sites for hydroxylation is 1. The zero-order chi connectivity index (χ0) is 13.9. The van der Waals surface area contributed by atoms with Gasteiger partial charge in [-0.3, -0.25) is 4.79 Å². The number of carbonyl (C=O) groups excluding carboxylic acids is 1. The summed E-state index contributed by atoms with van der Waals surface area (Å²) in [6, 6.07) is 7.71. The molecule has 0 saturated heterocycles. The molecule has 4 heteroatoms. The Morgan fingerprint density at radius 2 is 1.95 bits per heavy atom. The van der Waals surface area contributed by atoms with Crippen LogP contribution in [0.25, 0.3) is 11.3 Å². The largest absolute Gasteiger partial charge is 0.449 e. The van der Waals surface area contributed by atoms with Crippen molar-refractivity contribution in [3.05, 3.63) is 36.4 Å². The van der Waals surface area contributed by atoms with E-state index in [1.54, 1.807) is 6.26 Å². The number of hydrogen-bond donors (Lipinski definition) is 1. The molecule has 3 rings (SSSR count). The van der Waals surface area contributed by atoms with Crippen LogP contribution in [-0.2, 0) is 4.79 Å². The molecule has 2 aromatic rings. The van der Waals surface area contributed by atoms with Gasteiger partial charge in [0.15, 0.2) is 5.89 Å². The molecular formula is C16H18N2O2. The number of hydrogen-bond acceptors (Lipinski definition) is 3. The Hall–Kier alpha value is -2.10. The minimum Gasteiger partial charge on any atom is -0.449 e. The zero-order valence-corrected chi connectivity index (χ0v) is 11.6. The molecule has 1 aliphatic carbocycles. The highest BCUT2D eigenvalue weighted by atomic mass is 16.3. The maximum atomic E-state index is 12.0. The number of anilines is 1. The summed E-state index contributed by atoms with van der Waals surface area (Å²) < 4.78 is 5.20. The third-order valence-corrected chi connectivity index (χ3v) is 3.79. The molecular weight excluding hydrogens is 252 g/mol. The summed E-state index contributed by atoms with van der Waals surface area (Å²) in [5.74, 6) is 0.985. The fourth-order valence-corrected chi connectivity index (χ4v) is 2.65. The highest BCUT2D eigenvalue weighted by molar-refractivity contribution is 5.92. The minimum atomic E-state index is 0.146. The van der Waals surface area contributed by atoms with Crippen LogP contribution in [0.3, 0.4) is 0 Å². The monoisotopic (exact) mass is 270 g/mol. The summed E-state index contributed by atoms with van der Waals surface area (Å²) in [5.41, 5.74) is 2.64. The van der Waals surface area contributed by atoms with Crippen molar-refractivity contribution >= 4 is 11.6 Å². The molecule has 0 unspecified atom stereocenters. The van der Waals surface area contributed by atoms with Crippen molar-refractivity contribution in [2.75, 3.05) is 5.32 Å². The van der Waals surface area contributed by atoms with Gasteiger partial charge < -0.3 is 9.73 Å². The first-order valence-electron chi connectivity index (χ1n) is 7.06. The van der Waals surface area contributed by atoms with E-state index >= 15 is 0 Å². The minimum absolute atomic E-state index is 0.146. The number of carbonyl (C=O) groups is 1. The summed E-state index contributed by atoms with van der Waals surface area (Å²) in [5, 5.41) is 2.98. The summed E-state index contributed by atoms with van der Waals surface area (Å²) in [7, 11) is 0. The van der Waals surface area contributed by atoms with E-state index in [1.165, 1.54) is 12.8 Å². The zero-order valence-electron chi connectivity index (χ0n) is 11.6. The molecule has 1 fully saturated rings. The van der Waals surface area contributed by atoms with E-state index < -0.39 is 0 Å². The lowest BCUT2D eigenvalue weighted by Crippen LogP contribution is -2.20. The lowest BCUT2D eigenvalue weighted by molar-refractivity contribution is -0.119. The Balaban J connectivity index is 1.68. The molecule has 1 heterocycles. The van der Waals surface area contributed by atoms with Crippen LogP contribution in [0.2, 0.25) is 0 Å². The van der Waals surface area contributed by atoms with Gasteiger partial charge in [-0.25, -0.2) is 4.98 Å². The van der Waals surface area contributed by atoms with Crippen molar-refractivity contribution in [2.24, 2.45) is 5.92 Å². The third kappa shape index (κ3) is 2.74. The molecule has 104 valence electrons. The van der Waals surface area contributed by atoms with E-state index in [0.717, 1.165) is 29.8 Å². The molecule has 1 aromatic heterocycles. The smallest absolute Gasteiger partial charge is 0.227 e. The van der Waals surface area contributed by atoms with E-state index in [-0.39, 0.29) is 11.8 Å². The first-order valence-corrected chi connectivity index (χ1v) is 7.06. The van der Waals surface area contributed by atoms with E-state index in [0.29, 0.717) is 5.89 Å². The van der Waals surface area contributed by atoms with Gasteiger partial charge in [0.25, 0.3) is 0 Å². The molecule has 0 radical (unpaired) electrons. The predicted octanol–water partition coefficient (Wildman–Crippen LogP) is 3.78. The van der Waals surface area contributed by atoms with Crippen molar-refractivity contribution in [1.82, 2.24) is 4.98 Å². The van der Waals surface area contributed by atoms with Crippen LogP contribution in [0, 0.1) is 12.8 Å². The Morgan fingerprint density at radius 3 is 2.55 bits per heavy atom. The van der Waals surface area contributed by atoms with Crippen LogP contribution in [0.1, 0.15) is 31.6 Å². The second-order valence-corrected chi connectivity index (χ2v) is 5.30. The van der Waals surface area contributed by atoms with Crippen molar-refractivity contribution < 1.29 is 9.21 Å². The Morgan fingerprint density at radius 1 is 1.25 bits per heavy atom. The van der Waals surface area contributed by atoms with E-state index in [9.17, 15) is 4.79 Å². The van der Waals surface area contributed by atoms with Gasteiger partial charge in [0.2, 0.25) is 5.91 Å². The van der Waals surface area contributed by atoms with Crippen LogP contribution in [0.4, 0.5) is 5.69 Å². The van der Waals surface area contributed by atoms with E-state index in [1.807, 2.05) is 31.2 Å². The Bertz CT molecular complexity index is 595. The molecule has 1 aliphatic rings. The van der Waals surface area contributed by atoms with Gasteiger partial charge in [-0.15, -0.1) is 0 Å². The van der Waals surface area contributed by atoms with E-state index in [4.69, 9.17) is 4.42 Å². The molecule has 1 N–H and O–H groups in total. The summed E-state index contributed by atoms with van der Waals surface area (Å²) >= 11 is 0. The van der Waals surface area contributed by atoms with Crippen LogP contribution in [0.5, 0.6) is 0 Å². The summed E-state index contributed by atoms with van der Waals surface area (Å²) in [4.78, 5) is 16.3. The highest BCUT2D eigenvalue weighted by Gasteiger charge is 2.22. The summed E-state index contributed by atoms with van der Waals surface area (Å²) in [6.45, 7) is 1.82. The van der Waals surface area contributed by atoms with Crippen molar-refractivity contribution in [3.8, 4) is 11.3 Å². The number of nitrogens with one attached hydrogen (secondary N) is 1. The fourth-order valence-electron chi connectivity index (χ4n) is 2.65. The van der Waals surface area contributed by atoms with Gasteiger partial charge in [0.05, 0.1) is 0 Å². The molecule has 0 atom stereocenters. The average molecular weight is 270 g/mol. The molecule has 1 amide bonds. The van der Waals surface area contributed by atoms with Crippen molar-refractivity contribution in [1.29, 1.82) is 0 Å². The van der Waals surface area contributed by atoms with Gasteiger partial charge in [-0.1, -0.05) is 25.0 Å². The quantitative estimate of drug-likeness (QED) is 0.923. The van der Waals surface area contributed by atoms with Crippen LogP contribution < -0.4 is 5.32 Å². The average Bonchev–Trinajstić information content (AvgIpc) is 3.10. The first-order chi connectivity index (χ1) is 9.72. The lowest BCUT2D eigenvalue weighted by Gasteiger charge is -2.10. The standard InChI is InChI=1S/C16H18N2O2/c1-11-17-15(10-20-11)12-6-8-14(9-7-12)18-16(19)13-4-2-3-5-13/h6-10,13H,2-5H2,1H3,(H,18,19). The lowest BCUT2D eigenvalue weighted by atomic mass is 10.1. The number of aromatic nitrogens is 1. The van der Waals surface area contributed by atoms with Crippen molar-refractivity contribution in [3.63, 3.8) is 0 Å². The molecule has 1 saturated carbocycles. The van der Waals surface area contributed by atoms with Gasteiger partial charge in [0.1, 0.15) is 12.0 Å². The highest BCUT2D eigenvalue weighted by Crippen LogP contribution is 2.26. The number of oxazole rings is 1. The topological polar surface area (TPSA) is 55.1 Å². The molecule has 1 aromatic carbocycles. The van der Waals surface area contributed by atoms with Crippen molar-refractivity contribution in [2.45, 2.75) is 32.6 Å². The maximum Gasteiger partial charge on any atom is 0.227 e.